The fraction of sp³-hybridized carbons (Fsp3) is 0.333. The van der Waals surface area contributed by atoms with E-state index < -0.39 is 0 Å². The van der Waals surface area contributed by atoms with Gasteiger partial charge in [-0.2, -0.15) is 0 Å². The van der Waals surface area contributed by atoms with Crippen molar-refractivity contribution in [3.8, 4) is 11.1 Å². The molecule has 0 bridgehead atoms. The van der Waals surface area contributed by atoms with Crippen LogP contribution in [0.5, 0.6) is 0 Å². The van der Waals surface area contributed by atoms with Gasteiger partial charge in [0, 0.05) is 0 Å². The summed E-state index contributed by atoms with van der Waals surface area (Å²) in [7, 11) is 4.26. The first kappa shape index (κ1) is 13.8. The maximum atomic E-state index is 2.32. The van der Waals surface area contributed by atoms with E-state index in [1.165, 1.54) is 28.7 Å². The lowest BCUT2D eigenvalue weighted by Gasteiger charge is -2.10. The topological polar surface area (TPSA) is 3.24 Å². The van der Waals surface area contributed by atoms with Crippen LogP contribution in [0.2, 0.25) is 0 Å². The van der Waals surface area contributed by atoms with Gasteiger partial charge in [0.1, 0.15) is 0 Å². The van der Waals surface area contributed by atoms with Gasteiger partial charge in [-0.05, 0) is 57.1 Å². The number of aryl methyl sites for hydroxylation is 2. The Bertz CT molecular complexity index is 511. The molecule has 1 heteroatoms. The van der Waals surface area contributed by atoms with Crippen LogP contribution in [0.25, 0.3) is 11.1 Å². The summed E-state index contributed by atoms with van der Waals surface area (Å²) in [4.78, 5) is 2.24. The fourth-order valence-corrected chi connectivity index (χ4v) is 2.25. The first-order valence-electron chi connectivity index (χ1n) is 6.96. The molecule has 0 aliphatic heterocycles. The van der Waals surface area contributed by atoms with Crippen LogP contribution >= 0.6 is 0 Å². The zero-order chi connectivity index (χ0) is 13.7. The summed E-state index contributed by atoms with van der Waals surface area (Å²) in [6.07, 6.45) is 2.36. The molecule has 100 valence electrons. The lowest BCUT2D eigenvalue weighted by atomic mass is 10.0. The second-order valence-electron chi connectivity index (χ2n) is 5.47. The molecule has 0 saturated carbocycles. The molecule has 0 spiro atoms. The van der Waals surface area contributed by atoms with E-state index >= 15 is 0 Å². The van der Waals surface area contributed by atoms with E-state index in [1.807, 2.05) is 0 Å². The quantitative estimate of drug-likeness (QED) is 0.773. The van der Waals surface area contributed by atoms with Crippen LogP contribution in [-0.4, -0.2) is 25.5 Å². The predicted octanol–water partition coefficient (Wildman–Crippen LogP) is 4.16. The number of rotatable bonds is 5. The Kier molecular flexibility index (Phi) is 4.75. The number of hydrogen-bond acceptors (Lipinski definition) is 1. The zero-order valence-electron chi connectivity index (χ0n) is 12.2. The van der Waals surface area contributed by atoms with Crippen LogP contribution < -0.4 is 0 Å². The van der Waals surface area contributed by atoms with E-state index in [2.05, 4.69) is 74.4 Å². The number of benzene rings is 2. The van der Waals surface area contributed by atoms with Gasteiger partial charge in [0.25, 0.3) is 0 Å². The summed E-state index contributed by atoms with van der Waals surface area (Å²) >= 11 is 0. The van der Waals surface area contributed by atoms with E-state index in [9.17, 15) is 0 Å². The van der Waals surface area contributed by atoms with Crippen molar-refractivity contribution in [2.75, 3.05) is 20.6 Å². The molecule has 1 nitrogen and oxygen atoms in total. The van der Waals surface area contributed by atoms with Gasteiger partial charge in [0.05, 0.1) is 0 Å². The van der Waals surface area contributed by atoms with E-state index in [4.69, 9.17) is 0 Å². The Morgan fingerprint density at radius 2 is 1.63 bits per heavy atom. The maximum absolute atomic E-state index is 2.32. The lowest BCUT2D eigenvalue weighted by molar-refractivity contribution is 0.400. The Morgan fingerprint density at radius 1 is 0.895 bits per heavy atom. The smallest absolute Gasteiger partial charge is 0.00217 e. The highest BCUT2D eigenvalue weighted by molar-refractivity contribution is 5.64. The average Bonchev–Trinajstić information content (AvgIpc) is 2.39. The highest BCUT2D eigenvalue weighted by Crippen LogP contribution is 2.21. The molecular weight excluding hydrogens is 230 g/mol. The largest absolute Gasteiger partial charge is 0.309 e. The van der Waals surface area contributed by atoms with Crippen LogP contribution in [0.3, 0.4) is 0 Å². The van der Waals surface area contributed by atoms with Crippen molar-refractivity contribution >= 4 is 0 Å². The lowest BCUT2D eigenvalue weighted by Crippen LogP contribution is -2.13. The molecule has 2 aromatic carbocycles. The van der Waals surface area contributed by atoms with Crippen LogP contribution in [-0.2, 0) is 6.42 Å². The molecule has 0 amide bonds. The predicted molar refractivity (Wildman–Crippen MR) is 83.5 cm³/mol. The third-order valence-corrected chi connectivity index (χ3v) is 3.38. The molecule has 0 aromatic heterocycles. The molecule has 0 heterocycles. The molecule has 0 fully saturated rings. The van der Waals surface area contributed by atoms with Crippen molar-refractivity contribution < 1.29 is 0 Å². The molecule has 0 radical (unpaired) electrons. The van der Waals surface area contributed by atoms with E-state index in [0.29, 0.717) is 0 Å². The van der Waals surface area contributed by atoms with Crippen molar-refractivity contribution in [3.63, 3.8) is 0 Å². The Labute approximate surface area is 116 Å². The molecule has 0 N–H and O–H groups in total. The van der Waals surface area contributed by atoms with Crippen LogP contribution in [0, 0.1) is 6.92 Å². The van der Waals surface area contributed by atoms with Crippen molar-refractivity contribution in [1.82, 2.24) is 4.90 Å². The van der Waals surface area contributed by atoms with Gasteiger partial charge < -0.3 is 4.90 Å². The zero-order valence-corrected chi connectivity index (χ0v) is 12.2. The van der Waals surface area contributed by atoms with Gasteiger partial charge in [-0.3, -0.25) is 0 Å². The number of hydrogen-bond donors (Lipinski definition) is 0. The third-order valence-electron chi connectivity index (χ3n) is 3.38. The molecule has 2 rings (SSSR count). The third kappa shape index (κ3) is 4.22. The Balaban J connectivity index is 2.08. The highest BCUT2D eigenvalue weighted by atomic mass is 15.0. The molecule has 0 aliphatic rings. The van der Waals surface area contributed by atoms with Crippen LogP contribution in [0.4, 0.5) is 0 Å². The van der Waals surface area contributed by atoms with Crippen LogP contribution in [0.15, 0.2) is 48.5 Å². The summed E-state index contributed by atoms with van der Waals surface area (Å²) in [6, 6.07) is 17.7. The Hall–Kier alpha value is -1.60. The van der Waals surface area contributed by atoms with Crippen LogP contribution in [0.1, 0.15) is 17.5 Å². The van der Waals surface area contributed by atoms with Gasteiger partial charge in [-0.1, -0.05) is 54.1 Å². The minimum absolute atomic E-state index is 1.15. The first-order valence-corrected chi connectivity index (χ1v) is 6.96. The molecule has 0 saturated heterocycles. The SMILES string of the molecule is Cc1ccc(-c2cccc(CCCN(C)C)c2)cc1. The minimum Gasteiger partial charge on any atom is -0.309 e. The molecule has 19 heavy (non-hydrogen) atoms. The molecule has 0 atom stereocenters. The molecule has 0 aliphatic carbocycles. The minimum atomic E-state index is 1.15. The maximum Gasteiger partial charge on any atom is -0.00217 e. The van der Waals surface area contributed by atoms with E-state index in [-0.39, 0.29) is 0 Å². The fourth-order valence-electron chi connectivity index (χ4n) is 2.25. The summed E-state index contributed by atoms with van der Waals surface area (Å²) in [5.41, 5.74) is 5.37. The number of nitrogens with zero attached hydrogens (tertiary/aromatic N) is 1. The summed E-state index contributed by atoms with van der Waals surface area (Å²) < 4.78 is 0. The monoisotopic (exact) mass is 253 g/mol. The van der Waals surface area contributed by atoms with Crippen molar-refractivity contribution in [2.24, 2.45) is 0 Å². The summed E-state index contributed by atoms with van der Waals surface area (Å²) in [6.45, 7) is 3.27. The van der Waals surface area contributed by atoms with Gasteiger partial charge in [-0.15, -0.1) is 0 Å². The van der Waals surface area contributed by atoms with Crippen molar-refractivity contribution in [3.05, 3.63) is 59.7 Å². The van der Waals surface area contributed by atoms with Crippen molar-refractivity contribution in [2.45, 2.75) is 19.8 Å². The van der Waals surface area contributed by atoms with E-state index in [0.717, 1.165) is 13.0 Å². The summed E-state index contributed by atoms with van der Waals surface area (Å²) in [5.74, 6) is 0. The van der Waals surface area contributed by atoms with Gasteiger partial charge in [0.15, 0.2) is 0 Å². The second kappa shape index (κ2) is 6.53. The van der Waals surface area contributed by atoms with Gasteiger partial charge in [0.2, 0.25) is 0 Å². The standard InChI is InChI=1S/C18H23N/c1-15-9-11-17(12-10-15)18-8-4-6-16(14-18)7-5-13-19(2)3/h4,6,8-12,14H,5,7,13H2,1-3H3. The highest BCUT2D eigenvalue weighted by Gasteiger charge is 2.00. The molecule has 0 unspecified atom stereocenters. The second-order valence-corrected chi connectivity index (χ2v) is 5.47. The van der Waals surface area contributed by atoms with Crippen molar-refractivity contribution in [1.29, 1.82) is 0 Å². The molecular formula is C18H23N. The van der Waals surface area contributed by atoms with Gasteiger partial charge >= 0.3 is 0 Å². The van der Waals surface area contributed by atoms with E-state index in [1.54, 1.807) is 0 Å². The molecule has 2 aromatic rings. The summed E-state index contributed by atoms with van der Waals surface area (Å²) in [5, 5.41) is 0. The normalized spacial score (nSPS) is 10.9. The van der Waals surface area contributed by atoms with Gasteiger partial charge in [-0.25, -0.2) is 0 Å². The Morgan fingerprint density at radius 3 is 2.32 bits per heavy atom. The first-order chi connectivity index (χ1) is 9.15. The average molecular weight is 253 g/mol.